The van der Waals surface area contributed by atoms with Crippen molar-refractivity contribution in [3.8, 4) is 0 Å². The van der Waals surface area contributed by atoms with Crippen LogP contribution in [0.15, 0.2) is 24.3 Å². The largest absolute Gasteiger partial charge is 0.392 e. The van der Waals surface area contributed by atoms with Gasteiger partial charge in [-0.1, -0.05) is 12.1 Å². The van der Waals surface area contributed by atoms with Gasteiger partial charge in [-0.3, -0.25) is 0 Å². The molecule has 3 heteroatoms. The molecule has 2 unspecified atom stereocenters. The lowest BCUT2D eigenvalue weighted by molar-refractivity contribution is 0.197. The van der Waals surface area contributed by atoms with Gasteiger partial charge >= 0.3 is 0 Å². The maximum atomic E-state index is 9.15. The standard InChI is InChI=1S/C15H24N2O/c1-12(14-6-4-8-17(2)10-14)16-15-7-3-5-13(9-15)11-18/h3,5,7,9,12,14,16,18H,4,6,8,10-11H2,1-2H3. The molecule has 1 aliphatic rings. The van der Waals surface area contributed by atoms with Crippen molar-refractivity contribution in [1.82, 2.24) is 4.90 Å². The highest BCUT2D eigenvalue weighted by Gasteiger charge is 2.22. The Morgan fingerprint density at radius 3 is 3.06 bits per heavy atom. The zero-order chi connectivity index (χ0) is 13.0. The Kier molecular flexibility index (Phi) is 4.61. The van der Waals surface area contributed by atoms with E-state index in [2.05, 4.69) is 30.3 Å². The summed E-state index contributed by atoms with van der Waals surface area (Å²) in [5.74, 6) is 0.710. The molecule has 1 heterocycles. The summed E-state index contributed by atoms with van der Waals surface area (Å²) in [4.78, 5) is 2.41. The summed E-state index contributed by atoms with van der Waals surface area (Å²) in [5, 5.41) is 12.7. The molecular formula is C15H24N2O. The number of piperidine rings is 1. The number of hydrogen-bond acceptors (Lipinski definition) is 3. The first-order valence-corrected chi connectivity index (χ1v) is 6.84. The summed E-state index contributed by atoms with van der Waals surface area (Å²) in [6.07, 6.45) is 2.60. The molecule has 3 nitrogen and oxygen atoms in total. The van der Waals surface area contributed by atoms with Gasteiger partial charge in [0.2, 0.25) is 0 Å². The van der Waals surface area contributed by atoms with Gasteiger partial charge in [-0.05, 0) is 57.0 Å². The second-order valence-corrected chi connectivity index (χ2v) is 5.46. The van der Waals surface area contributed by atoms with Gasteiger partial charge in [0.1, 0.15) is 0 Å². The molecule has 0 spiro atoms. The number of nitrogens with zero attached hydrogens (tertiary/aromatic N) is 1. The van der Waals surface area contributed by atoms with Crippen molar-refractivity contribution in [1.29, 1.82) is 0 Å². The molecule has 0 aromatic heterocycles. The van der Waals surface area contributed by atoms with E-state index in [4.69, 9.17) is 5.11 Å². The normalized spacial score (nSPS) is 22.7. The van der Waals surface area contributed by atoms with Gasteiger partial charge in [-0.15, -0.1) is 0 Å². The molecule has 0 radical (unpaired) electrons. The minimum absolute atomic E-state index is 0.107. The number of aliphatic hydroxyl groups excluding tert-OH is 1. The molecule has 0 saturated carbocycles. The van der Waals surface area contributed by atoms with Crippen LogP contribution in [0.4, 0.5) is 5.69 Å². The van der Waals surface area contributed by atoms with Crippen LogP contribution in [-0.2, 0) is 6.61 Å². The van der Waals surface area contributed by atoms with Crippen LogP contribution in [0, 0.1) is 5.92 Å². The van der Waals surface area contributed by atoms with Gasteiger partial charge in [-0.2, -0.15) is 0 Å². The Hall–Kier alpha value is -1.06. The lowest BCUT2D eigenvalue weighted by atomic mass is 9.91. The number of anilines is 1. The van der Waals surface area contributed by atoms with E-state index in [1.165, 1.54) is 25.9 Å². The second kappa shape index (κ2) is 6.21. The van der Waals surface area contributed by atoms with Crippen molar-refractivity contribution in [3.05, 3.63) is 29.8 Å². The average molecular weight is 248 g/mol. The van der Waals surface area contributed by atoms with Crippen LogP contribution >= 0.6 is 0 Å². The third kappa shape index (κ3) is 3.47. The Balaban J connectivity index is 1.95. The molecule has 0 aliphatic carbocycles. The summed E-state index contributed by atoms with van der Waals surface area (Å²) in [7, 11) is 2.20. The maximum absolute atomic E-state index is 9.15. The molecule has 1 aliphatic heterocycles. The number of likely N-dealkylation sites (tertiary alicyclic amines) is 1. The predicted molar refractivity (Wildman–Crippen MR) is 75.7 cm³/mol. The van der Waals surface area contributed by atoms with Crippen molar-refractivity contribution < 1.29 is 5.11 Å². The van der Waals surface area contributed by atoms with Gasteiger partial charge in [-0.25, -0.2) is 0 Å². The smallest absolute Gasteiger partial charge is 0.0682 e. The van der Waals surface area contributed by atoms with Crippen LogP contribution in [0.3, 0.4) is 0 Å². The Bertz CT molecular complexity index is 381. The van der Waals surface area contributed by atoms with Crippen LogP contribution in [0.2, 0.25) is 0 Å². The SMILES string of the molecule is CC(Nc1cccc(CO)c1)C1CCCN(C)C1. The van der Waals surface area contributed by atoms with E-state index in [1.807, 2.05) is 18.2 Å². The van der Waals surface area contributed by atoms with Gasteiger partial charge in [0.15, 0.2) is 0 Å². The highest BCUT2D eigenvalue weighted by atomic mass is 16.3. The molecule has 2 N–H and O–H groups in total. The number of aliphatic hydroxyl groups is 1. The number of benzene rings is 1. The molecule has 18 heavy (non-hydrogen) atoms. The molecular weight excluding hydrogens is 224 g/mol. The van der Waals surface area contributed by atoms with E-state index in [0.717, 1.165) is 11.3 Å². The van der Waals surface area contributed by atoms with Crippen molar-refractivity contribution in [2.75, 3.05) is 25.5 Å². The monoisotopic (exact) mass is 248 g/mol. The third-order valence-corrected chi connectivity index (χ3v) is 3.87. The Morgan fingerprint density at radius 2 is 2.33 bits per heavy atom. The minimum Gasteiger partial charge on any atom is -0.392 e. The van der Waals surface area contributed by atoms with Crippen molar-refractivity contribution in [3.63, 3.8) is 0 Å². The molecule has 0 bridgehead atoms. The lowest BCUT2D eigenvalue weighted by Crippen LogP contribution is -2.39. The fourth-order valence-corrected chi connectivity index (χ4v) is 2.75. The first-order valence-electron chi connectivity index (χ1n) is 6.84. The van der Waals surface area contributed by atoms with E-state index in [1.54, 1.807) is 0 Å². The molecule has 2 rings (SSSR count). The summed E-state index contributed by atoms with van der Waals surface area (Å²) >= 11 is 0. The first-order chi connectivity index (χ1) is 8.69. The van der Waals surface area contributed by atoms with Crippen LogP contribution < -0.4 is 5.32 Å². The minimum atomic E-state index is 0.107. The fourth-order valence-electron chi connectivity index (χ4n) is 2.75. The number of nitrogens with one attached hydrogen (secondary N) is 1. The molecule has 1 fully saturated rings. The topological polar surface area (TPSA) is 35.5 Å². The molecule has 2 atom stereocenters. The number of rotatable bonds is 4. The fraction of sp³-hybridized carbons (Fsp3) is 0.600. The van der Waals surface area contributed by atoms with Crippen LogP contribution in [0.5, 0.6) is 0 Å². The summed E-state index contributed by atoms with van der Waals surface area (Å²) in [5.41, 5.74) is 2.08. The van der Waals surface area contributed by atoms with Gasteiger partial charge < -0.3 is 15.3 Å². The molecule has 0 amide bonds. The van der Waals surface area contributed by atoms with E-state index in [9.17, 15) is 0 Å². The molecule has 1 aromatic carbocycles. The highest BCUT2D eigenvalue weighted by molar-refractivity contribution is 5.46. The third-order valence-electron chi connectivity index (χ3n) is 3.87. The highest BCUT2D eigenvalue weighted by Crippen LogP contribution is 2.22. The van der Waals surface area contributed by atoms with E-state index >= 15 is 0 Å². The summed E-state index contributed by atoms with van der Waals surface area (Å²) in [6, 6.07) is 8.52. The Labute approximate surface area is 110 Å². The quantitative estimate of drug-likeness (QED) is 0.858. The zero-order valence-electron chi connectivity index (χ0n) is 11.4. The lowest BCUT2D eigenvalue weighted by Gasteiger charge is -2.34. The summed E-state index contributed by atoms with van der Waals surface area (Å²) < 4.78 is 0. The van der Waals surface area contributed by atoms with E-state index in [-0.39, 0.29) is 6.61 Å². The van der Waals surface area contributed by atoms with Crippen LogP contribution in [-0.4, -0.2) is 36.2 Å². The zero-order valence-corrected chi connectivity index (χ0v) is 11.4. The average Bonchev–Trinajstić information content (AvgIpc) is 2.39. The first kappa shape index (κ1) is 13.4. The van der Waals surface area contributed by atoms with E-state index in [0.29, 0.717) is 12.0 Å². The molecule has 1 aromatic rings. The number of hydrogen-bond donors (Lipinski definition) is 2. The van der Waals surface area contributed by atoms with Gasteiger partial charge in [0.05, 0.1) is 6.61 Å². The van der Waals surface area contributed by atoms with Crippen LogP contribution in [0.1, 0.15) is 25.3 Å². The van der Waals surface area contributed by atoms with Crippen molar-refractivity contribution in [2.24, 2.45) is 5.92 Å². The van der Waals surface area contributed by atoms with Crippen LogP contribution in [0.25, 0.3) is 0 Å². The Morgan fingerprint density at radius 1 is 1.50 bits per heavy atom. The van der Waals surface area contributed by atoms with Crippen molar-refractivity contribution in [2.45, 2.75) is 32.4 Å². The van der Waals surface area contributed by atoms with Crippen molar-refractivity contribution >= 4 is 5.69 Å². The molecule has 100 valence electrons. The maximum Gasteiger partial charge on any atom is 0.0682 e. The van der Waals surface area contributed by atoms with Gasteiger partial charge in [0.25, 0.3) is 0 Å². The van der Waals surface area contributed by atoms with E-state index < -0.39 is 0 Å². The second-order valence-electron chi connectivity index (χ2n) is 5.46. The molecule has 1 saturated heterocycles. The van der Waals surface area contributed by atoms with Gasteiger partial charge in [0, 0.05) is 18.3 Å². The predicted octanol–water partition coefficient (Wildman–Crippen LogP) is 2.32. The summed E-state index contributed by atoms with van der Waals surface area (Å²) in [6.45, 7) is 4.77.